The third kappa shape index (κ3) is 3.38. The normalized spacial score (nSPS) is 16.6. The summed E-state index contributed by atoms with van der Waals surface area (Å²) in [6, 6.07) is 13.5. The molecule has 1 aromatic heterocycles. The molecule has 1 fully saturated rings. The van der Waals surface area contributed by atoms with E-state index in [9.17, 15) is 10.1 Å². The van der Waals surface area contributed by atoms with Crippen LogP contribution in [0.25, 0.3) is 10.9 Å². The molecular weight excluding hydrogens is 368 g/mol. The molecule has 0 atom stereocenters. The number of piperazine rings is 1. The fraction of sp³-hybridized carbons (Fsp3) is 0.318. The predicted octanol–water partition coefficient (Wildman–Crippen LogP) is 3.40. The molecule has 5 rings (SSSR count). The van der Waals surface area contributed by atoms with Crippen LogP contribution >= 0.6 is 0 Å². The molecular formula is C22H22N4O3. The number of pyridine rings is 1. The number of anilines is 1. The smallest absolute Gasteiger partial charge is 0.278 e. The van der Waals surface area contributed by atoms with Gasteiger partial charge in [0.15, 0.2) is 0 Å². The number of benzene rings is 2. The van der Waals surface area contributed by atoms with Crippen LogP contribution in [0.3, 0.4) is 0 Å². The molecule has 0 N–H and O–H groups in total. The van der Waals surface area contributed by atoms with Crippen LogP contribution in [0.15, 0.2) is 48.7 Å². The first kappa shape index (κ1) is 17.9. The summed E-state index contributed by atoms with van der Waals surface area (Å²) in [6.45, 7) is 5.35. The number of aromatic nitrogens is 1. The molecule has 148 valence electrons. The Morgan fingerprint density at radius 2 is 1.97 bits per heavy atom. The van der Waals surface area contributed by atoms with Gasteiger partial charge in [-0.3, -0.25) is 20.0 Å². The van der Waals surface area contributed by atoms with E-state index in [1.54, 1.807) is 24.4 Å². The highest BCUT2D eigenvalue weighted by atomic mass is 16.6. The second-order valence-electron chi connectivity index (χ2n) is 7.56. The van der Waals surface area contributed by atoms with Crippen LogP contribution in [-0.4, -0.2) is 47.6 Å². The van der Waals surface area contributed by atoms with E-state index < -0.39 is 0 Å². The molecule has 0 radical (unpaired) electrons. The van der Waals surface area contributed by atoms with Gasteiger partial charge in [0.2, 0.25) is 0 Å². The lowest BCUT2D eigenvalue weighted by Gasteiger charge is -2.36. The first-order chi connectivity index (χ1) is 14.2. The van der Waals surface area contributed by atoms with Crippen molar-refractivity contribution in [1.29, 1.82) is 0 Å². The highest BCUT2D eigenvalue weighted by Crippen LogP contribution is 2.32. The zero-order valence-corrected chi connectivity index (χ0v) is 16.1. The van der Waals surface area contributed by atoms with E-state index in [-0.39, 0.29) is 10.6 Å². The van der Waals surface area contributed by atoms with Gasteiger partial charge in [0.25, 0.3) is 5.69 Å². The van der Waals surface area contributed by atoms with E-state index in [0.29, 0.717) is 10.9 Å². The van der Waals surface area contributed by atoms with E-state index in [1.807, 2.05) is 6.07 Å². The van der Waals surface area contributed by atoms with Crippen LogP contribution in [0.1, 0.15) is 11.1 Å². The average Bonchev–Trinajstić information content (AvgIpc) is 3.21. The molecule has 7 heteroatoms. The molecule has 3 heterocycles. The Kier molecular flexibility index (Phi) is 4.52. The van der Waals surface area contributed by atoms with Crippen LogP contribution in [0.5, 0.6) is 5.75 Å². The summed E-state index contributed by atoms with van der Waals surface area (Å²) in [4.78, 5) is 20.2. The third-order valence-electron chi connectivity index (χ3n) is 5.80. The Hall–Kier alpha value is -3.19. The molecule has 7 nitrogen and oxygen atoms in total. The van der Waals surface area contributed by atoms with Crippen molar-refractivity contribution in [3.05, 3.63) is 69.9 Å². The van der Waals surface area contributed by atoms with Crippen molar-refractivity contribution in [2.75, 3.05) is 37.7 Å². The minimum atomic E-state index is -0.340. The molecule has 3 aromatic rings. The van der Waals surface area contributed by atoms with Crippen molar-refractivity contribution in [3.8, 4) is 5.75 Å². The summed E-state index contributed by atoms with van der Waals surface area (Å²) in [5.41, 5.74) is 4.42. The topological polar surface area (TPSA) is 71.7 Å². The summed E-state index contributed by atoms with van der Waals surface area (Å²) in [7, 11) is 0. The summed E-state index contributed by atoms with van der Waals surface area (Å²) < 4.78 is 5.60. The van der Waals surface area contributed by atoms with Crippen molar-refractivity contribution < 1.29 is 9.66 Å². The lowest BCUT2D eigenvalue weighted by atomic mass is 10.1. The molecule has 0 saturated carbocycles. The van der Waals surface area contributed by atoms with Gasteiger partial charge >= 0.3 is 0 Å². The maximum Gasteiger partial charge on any atom is 0.278 e. The Morgan fingerprint density at radius 3 is 2.79 bits per heavy atom. The maximum absolute atomic E-state index is 11.3. The number of non-ortho nitro benzene ring substituents is 1. The lowest BCUT2D eigenvalue weighted by molar-refractivity contribution is -0.383. The number of rotatable bonds is 4. The van der Waals surface area contributed by atoms with Crippen LogP contribution in [0.2, 0.25) is 0 Å². The Balaban J connectivity index is 1.31. The van der Waals surface area contributed by atoms with Gasteiger partial charge in [-0.05, 0) is 35.4 Å². The number of hydrogen-bond acceptors (Lipinski definition) is 6. The minimum Gasteiger partial charge on any atom is -0.493 e. The highest BCUT2D eigenvalue weighted by Gasteiger charge is 2.22. The quantitative estimate of drug-likeness (QED) is 0.502. The molecule has 0 bridgehead atoms. The monoisotopic (exact) mass is 390 g/mol. The van der Waals surface area contributed by atoms with Gasteiger partial charge in [0.05, 0.1) is 22.6 Å². The van der Waals surface area contributed by atoms with Gasteiger partial charge in [-0.25, -0.2) is 0 Å². The van der Waals surface area contributed by atoms with Crippen molar-refractivity contribution >= 4 is 22.3 Å². The molecule has 2 aromatic carbocycles. The van der Waals surface area contributed by atoms with E-state index >= 15 is 0 Å². The van der Waals surface area contributed by atoms with Crippen molar-refractivity contribution in [2.24, 2.45) is 0 Å². The summed E-state index contributed by atoms with van der Waals surface area (Å²) in [6.07, 6.45) is 2.69. The van der Waals surface area contributed by atoms with Gasteiger partial charge < -0.3 is 9.64 Å². The second-order valence-corrected chi connectivity index (χ2v) is 7.56. The van der Waals surface area contributed by atoms with E-state index in [2.05, 4.69) is 33.0 Å². The van der Waals surface area contributed by atoms with Gasteiger partial charge in [0, 0.05) is 51.4 Å². The van der Waals surface area contributed by atoms with Crippen LogP contribution in [-0.2, 0) is 13.0 Å². The average molecular weight is 390 g/mol. The van der Waals surface area contributed by atoms with E-state index in [1.165, 1.54) is 11.1 Å². The summed E-state index contributed by atoms with van der Waals surface area (Å²) in [5, 5.41) is 11.9. The number of hydrogen-bond donors (Lipinski definition) is 0. The summed E-state index contributed by atoms with van der Waals surface area (Å²) >= 11 is 0. The fourth-order valence-corrected chi connectivity index (χ4v) is 4.30. The van der Waals surface area contributed by atoms with Crippen molar-refractivity contribution in [3.63, 3.8) is 0 Å². The van der Waals surface area contributed by atoms with Gasteiger partial charge in [-0.2, -0.15) is 0 Å². The number of ether oxygens (including phenoxy) is 1. The molecule has 0 aliphatic carbocycles. The molecule has 2 aliphatic rings. The van der Waals surface area contributed by atoms with E-state index in [0.717, 1.165) is 57.2 Å². The SMILES string of the molecule is O=[N+]([O-])c1ccc(N2CCN(Cc3ccc4c(c3)CCO4)CC2)c2ncccc12. The Labute approximate surface area is 168 Å². The number of nitro groups is 1. The minimum absolute atomic E-state index is 0.107. The van der Waals surface area contributed by atoms with Crippen molar-refractivity contribution in [1.82, 2.24) is 9.88 Å². The molecule has 2 aliphatic heterocycles. The maximum atomic E-state index is 11.3. The number of nitrogens with zero attached hydrogens (tertiary/aromatic N) is 4. The largest absolute Gasteiger partial charge is 0.493 e. The summed E-state index contributed by atoms with van der Waals surface area (Å²) in [5.74, 6) is 1.02. The van der Waals surface area contributed by atoms with Gasteiger partial charge in [-0.1, -0.05) is 12.1 Å². The third-order valence-corrected chi connectivity index (χ3v) is 5.80. The van der Waals surface area contributed by atoms with E-state index in [4.69, 9.17) is 4.74 Å². The molecule has 0 unspecified atom stereocenters. The molecule has 1 saturated heterocycles. The molecule has 0 spiro atoms. The standard InChI is InChI=1S/C22H22N4O3/c27-26(28)19-4-5-20(22-18(19)2-1-8-23-22)25-11-9-24(10-12-25)15-16-3-6-21-17(14-16)7-13-29-21/h1-6,8,14H,7,9-13,15H2. The fourth-order valence-electron chi connectivity index (χ4n) is 4.30. The van der Waals surface area contributed by atoms with Crippen LogP contribution in [0, 0.1) is 10.1 Å². The van der Waals surface area contributed by atoms with Crippen molar-refractivity contribution in [2.45, 2.75) is 13.0 Å². The Morgan fingerprint density at radius 1 is 1.10 bits per heavy atom. The number of nitro benzene ring substituents is 1. The lowest BCUT2D eigenvalue weighted by Crippen LogP contribution is -2.46. The Bertz CT molecular complexity index is 1080. The molecule has 0 amide bonds. The van der Waals surface area contributed by atoms with Gasteiger partial charge in [-0.15, -0.1) is 0 Å². The molecule has 29 heavy (non-hydrogen) atoms. The van der Waals surface area contributed by atoms with Crippen LogP contribution in [0.4, 0.5) is 11.4 Å². The first-order valence-corrected chi connectivity index (χ1v) is 9.93. The van der Waals surface area contributed by atoms with Gasteiger partial charge in [0.1, 0.15) is 11.3 Å². The zero-order valence-electron chi connectivity index (χ0n) is 16.1. The second kappa shape index (κ2) is 7.33. The predicted molar refractivity (Wildman–Crippen MR) is 112 cm³/mol. The zero-order chi connectivity index (χ0) is 19.8. The number of fused-ring (bicyclic) bond motifs is 2. The van der Waals surface area contributed by atoms with Crippen LogP contribution < -0.4 is 9.64 Å². The highest BCUT2D eigenvalue weighted by molar-refractivity contribution is 5.97. The first-order valence-electron chi connectivity index (χ1n) is 9.93.